The molecule has 0 aromatic heterocycles. The third kappa shape index (κ3) is 1.70. The molecule has 0 aliphatic heterocycles. The average Bonchev–Trinajstić information content (AvgIpc) is 1.98. The monoisotopic (exact) mass is 152 g/mol. The molecule has 3 nitrogen and oxygen atoms in total. The van der Waals surface area contributed by atoms with Gasteiger partial charge in [-0.15, -0.1) is 0 Å². The van der Waals surface area contributed by atoms with E-state index in [-0.39, 0.29) is 18.0 Å². The van der Waals surface area contributed by atoms with Crippen LogP contribution in [0.15, 0.2) is 18.2 Å². The van der Waals surface area contributed by atoms with Crippen molar-refractivity contribution in [2.24, 2.45) is 0 Å². The Labute approximate surface area is 64.2 Å². The Kier molecular flexibility index (Phi) is 2.11. The van der Waals surface area contributed by atoms with Gasteiger partial charge in [-0.2, -0.15) is 0 Å². The van der Waals surface area contributed by atoms with Crippen molar-refractivity contribution in [2.75, 3.05) is 0 Å². The molecule has 0 fully saturated rings. The minimum atomic E-state index is -0.0253. The molecule has 0 aliphatic carbocycles. The van der Waals surface area contributed by atoms with Crippen molar-refractivity contribution in [3.8, 4) is 11.5 Å². The van der Waals surface area contributed by atoms with E-state index in [1.807, 2.05) is 6.92 Å². The Hall–Kier alpha value is -1.51. The highest BCUT2D eigenvalue weighted by atomic mass is 16.5. The van der Waals surface area contributed by atoms with Crippen molar-refractivity contribution in [3.05, 3.63) is 23.8 Å². The van der Waals surface area contributed by atoms with Crippen LogP contribution in [0.4, 0.5) is 0 Å². The zero-order valence-corrected chi connectivity index (χ0v) is 6.07. The van der Waals surface area contributed by atoms with Crippen molar-refractivity contribution in [1.29, 1.82) is 0 Å². The van der Waals surface area contributed by atoms with Gasteiger partial charge >= 0.3 is 0 Å². The van der Waals surface area contributed by atoms with Crippen LogP contribution >= 0.6 is 0 Å². The van der Waals surface area contributed by atoms with Gasteiger partial charge in [0.25, 0.3) is 6.47 Å². The van der Waals surface area contributed by atoms with Crippen LogP contribution in [0.2, 0.25) is 0 Å². The molecule has 0 radical (unpaired) electrons. The molecule has 0 heterocycles. The van der Waals surface area contributed by atoms with Crippen molar-refractivity contribution < 1.29 is 14.6 Å². The van der Waals surface area contributed by atoms with Crippen LogP contribution in [0.5, 0.6) is 11.5 Å². The molecule has 58 valence electrons. The number of carbonyl (C=O) groups is 1. The summed E-state index contributed by atoms with van der Waals surface area (Å²) in [5, 5.41) is 9.08. The highest BCUT2D eigenvalue weighted by Gasteiger charge is 2.00. The number of hydrogen-bond acceptors (Lipinski definition) is 3. The Morgan fingerprint density at radius 1 is 1.55 bits per heavy atom. The quantitative estimate of drug-likeness (QED) is 0.648. The lowest BCUT2D eigenvalue weighted by Gasteiger charge is -2.00. The van der Waals surface area contributed by atoms with Gasteiger partial charge in [-0.05, 0) is 24.6 Å². The second-order valence-electron chi connectivity index (χ2n) is 2.19. The van der Waals surface area contributed by atoms with E-state index in [4.69, 9.17) is 5.11 Å². The highest BCUT2D eigenvalue weighted by Crippen LogP contribution is 2.25. The zero-order chi connectivity index (χ0) is 8.27. The fourth-order valence-electron chi connectivity index (χ4n) is 0.768. The molecular weight excluding hydrogens is 144 g/mol. The predicted octanol–water partition coefficient (Wildman–Crippen LogP) is 1.24. The number of phenolic OH excluding ortho intramolecular Hbond substituents is 1. The highest BCUT2D eigenvalue weighted by molar-refractivity contribution is 5.51. The molecular formula is C8H8O3. The van der Waals surface area contributed by atoms with E-state index in [2.05, 4.69) is 4.74 Å². The summed E-state index contributed by atoms with van der Waals surface area (Å²) in [6.07, 6.45) is 0. The van der Waals surface area contributed by atoms with E-state index in [1.165, 1.54) is 6.07 Å². The summed E-state index contributed by atoms with van der Waals surface area (Å²) in [6.45, 7) is 2.13. The summed E-state index contributed by atoms with van der Waals surface area (Å²) in [4.78, 5) is 9.90. The summed E-state index contributed by atoms with van der Waals surface area (Å²) in [7, 11) is 0. The fraction of sp³-hybridized carbons (Fsp3) is 0.125. The van der Waals surface area contributed by atoms with Gasteiger partial charge in [0.2, 0.25) is 0 Å². The predicted molar refractivity (Wildman–Crippen MR) is 39.5 cm³/mol. The molecule has 0 amide bonds. The number of phenols is 1. The Morgan fingerprint density at radius 3 is 2.91 bits per heavy atom. The van der Waals surface area contributed by atoms with Gasteiger partial charge in [-0.3, -0.25) is 4.79 Å². The van der Waals surface area contributed by atoms with Crippen molar-refractivity contribution >= 4 is 6.47 Å². The van der Waals surface area contributed by atoms with Crippen LogP contribution < -0.4 is 4.74 Å². The lowest BCUT2D eigenvalue weighted by Crippen LogP contribution is -1.88. The van der Waals surface area contributed by atoms with E-state index >= 15 is 0 Å². The van der Waals surface area contributed by atoms with Gasteiger partial charge in [0.15, 0.2) is 11.5 Å². The fourth-order valence-corrected chi connectivity index (χ4v) is 0.768. The zero-order valence-electron chi connectivity index (χ0n) is 6.07. The Balaban J connectivity index is 3.01. The molecule has 11 heavy (non-hydrogen) atoms. The van der Waals surface area contributed by atoms with Crippen LogP contribution in [0.3, 0.4) is 0 Å². The second-order valence-corrected chi connectivity index (χ2v) is 2.19. The molecule has 0 bridgehead atoms. The van der Waals surface area contributed by atoms with Crippen molar-refractivity contribution in [3.63, 3.8) is 0 Å². The number of rotatable bonds is 2. The molecule has 0 spiro atoms. The minimum absolute atomic E-state index is 0.0253. The number of aryl methyl sites for hydroxylation is 1. The number of benzene rings is 1. The maximum Gasteiger partial charge on any atom is 0.298 e. The van der Waals surface area contributed by atoms with Crippen LogP contribution in [0.1, 0.15) is 5.56 Å². The molecule has 0 atom stereocenters. The molecule has 3 heteroatoms. The number of carbonyl (C=O) groups excluding carboxylic acids is 1. The number of hydrogen-bond donors (Lipinski definition) is 1. The SMILES string of the molecule is Cc1ccc(O)c(OC=O)c1. The largest absolute Gasteiger partial charge is 0.504 e. The molecule has 0 unspecified atom stereocenters. The van der Waals surface area contributed by atoms with E-state index < -0.39 is 0 Å². The second kappa shape index (κ2) is 3.05. The maximum atomic E-state index is 9.90. The summed E-state index contributed by atoms with van der Waals surface area (Å²) >= 11 is 0. The first-order valence-corrected chi connectivity index (χ1v) is 3.14. The summed E-state index contributed by atoms with van der Waals surface area (Å²) in [5.74, 6) is 0.169. The van der Waals surface area contributed by atoms with Gasteiger partial charge in [-0.1, -0.05) is 6.07 Å². The first kappa shape index (κ1) is 7.60. The normalized spacial score (nSPS) is 9.18. The van der Waals surface area contributed by atoms with E-state index in [0.717, 1.165) is 5.56 Å². The van der Waals surface area contributed by atoms with Crippen LogP contribution in [-0.4, -0.2) is 11.6 Å². The smallest absolute Gasteiger partial charge is 0.298 e. The minimum Gasteiger partial charge on any atom is -0.504 e. The van der Waals surface area contributed by atoms with E-state index in [1.54, 1.807) is 12.1 Å². The average molecular weight is 152 g/mol. The first-order chi connectivity index (χ1) is 5.24. The van der Waals surface area contributed by atoms with E-state index in [9.17, 15) is 4.79 Å². The summed E-state index contributed by atoms with van der Waals surface area (Å²) < 4.78 is 4.49. The Bertz CT molecular complexity index is 268. The van der Waals surface area contributed by atoms with Crippen LogP contribution in [0, 0.1) is 6.92 Å². The van der Waals surface area contributed by atoms with Crippen LogP contribution in [0.25, 0.3) is 0 Å². The van der Waals surface area contributed by atoms with E-state index in [0.29, 0.717) is 0 Å². The molecule has 1 N–H and O–H groups in total. The molecule has 0 saturated heterocycles. The third-order valence-corrected chi connectivity index (χ3v) is 1.29. The standard InChI is InChI=1S/C8H8O3/c1-6-2-3-7(10)8(4-6)11-5-9/h2-5,10H,1H3. The lowest BCUT2D eigenvalue weighted by atomic mass is 10.2. The van der Waals surface area contributed by atoms with Gasteiger partial charge in [-0.25, -0.2) is 0 Å². The van der Waals surface area contributed by atoms with Crippen molar-refractivity contribution in [1.82, 2.24) is 0 Å². The summed E-state index contributed by atoms with van der Waals surface area (Å²) in [6, 6.07) is 4.80. The van der Waals surface area contributed by atoms with Gasteiger partial charge < -0.3 is 9.84 Å². The number of aromatic hydroxyl groups is 1. The number of ether oxygens (including phenoxy) is 1. The first-order valence-electron chi connectivity index (χ1n) is 3.14. The van der Waals surface area contributed by atoms with Gasteiger partial charge in [0, 0.05) is 0 Å². The molecule has 0 saturated carbocycles. The van der Waals surface area contributed by atoms with Crippen molar-refractivity contribution in [2.45, 2.75) is 6.92 Å². The third-order valence-electron chi connectivity index (χ3n) is 1.29. The van der Waals surface area contributed by atoms with Crippen LogP contribution in [-0.2, 0) is 4.79 Å². The molecule has 1 aromatic rings. The molecule has 1 rings (SSSR count). The van der Waals surface area contributed by atoms with Gasteiger partial charge in [0.1, 0.15) is 0 Å². The maximum absolute atomic E-state index is 9.90. The topological polar surface area (TPSA) is 46.5 Å². The Morgan fingerprint density at radius 2 is 2.27 bits per heavy atom. The summed E-state index contributed by atoms with van der Waals surface area (Å²) in [5.41, 5.74) is 0.930. The van der Waals surface area contributed by atoms with Gasteiger partial charge in [0.05, 0.1) is 0 Å². The molecule has 0 aliphatic rings. The lowest BCUT2D eigenvalue weighted by molar-refractivity contribution is -0.120. The molecule has 1 aromatic carbocycles.